The summed E-state index contributed by atoms with van der Waals surface area (Å²) in [5, 5.41) is 1.99. The number of ether oxygens (including phenoxy) is 2. The Morgan fingerprint density at radius 1 is 1.21 bits per heavy atom. The molecule has 4 rings (SSSR count). The molecule has 1 aromatic carbocycles. The molecule has 28 heavy (non-hydrogen) atoms. The first-order chi connectivity index (χ1) is 13.6. The Morgan fingerprint density at radius 3 is 2.79 bits per heavy atom. The zero-order valence-corrected chi connectivity index (χ0v) is 16.3. The van der Waals surface area contributed by atoms with E-state index in [0.717, 1.165) is 17.0 Å². The third-order valence-electron chi connectivity index (χ3n) is 5.06. The molecule has 0 radical (unpaired) electrons. The van der Waals surface area contributed by atoms with Gasteiger partial charge in [0.05, 0.1) is 19.1 Å². The maximum Gasteiger partial charge on any atom is 0.241 e. The minimum Gasteiger partial charge on any atom is -0.486 e. The van der Waals surface area contributed by atoms with Crippen LogP contribution in [0.5, 0.6) is 11.5 Å². The van der Waals surface area contributed by atoms with E-state index in [1.165, 1.54) is 0 Å². The van der Waals surface area contributed by atoms with Gasteiger partial charge in [0.1, 0.15) is 13.2 Å². The van der Waals surface area contributed by atoms with Gasteiger partial charge >= 0.3 is 0 Å². The van der Waals surface area contributed by atoms with E-state index in [9.17, 15) is 9.59 Å². The van der Waals surface area contributed by atoms with E-state index in [-0.39, 0.29) is 24.4 Å². The van der Waals surface area contributed by atoms with E-state index in [0.29, 0.717) is 44.2 Å². The van der Waals surface area contributed by atoms with Gasteiger partial charge < -0.3 is 20.1 Å². The molecule has 7 nitrogen and oxygen atoms in total. The number of nitrogens with two attached hydrogens (primary N) is 1. The van der Waals surface area contributed by atoms with Crippen molar-refractivity contribution >= 4 is 28.8 Å². The van der Waals surface area contributed by atoms with Crippen molar-refractivity contribution < 1.29 is 19.1 Å². The standard InChI is InChI=1S/C20H23N3O4S/c21-20(25)16-4-1-7-22(16)13-19(24)23(12-15-3-2-10-28-15)14-5-6-17-18(11-14)27-9-8-26-17/h2-3,5-6,10-11,16H,1,4,7-9,12-13H2,(H2,21,25)/t16-/m0/s1. The van der Waals surface area contributed by atoms with Crippen molar-refractivity contribution in [3.05, 3.63) is 40.6 Å². The number of primary amides is 1. The minimum absolute atomic E-state index is 0.0711. The predicted molar refractivity (Wildman–Crippen MR) is 107 cm³/mol. The second-order valence-electron chi connectivity index (χ2n) is 6.92. The second-order valence-corrected chi connectivity index (χ2v) is 7.95. The van der Waals surface area contributed by atoms with Crippen LogP contribution in [0.15, 0.2) is 35.7 Å². The minimum atomic E-state index is -0.368. The summed E-state index contributed by atoms with van der Waals surface area (Å²) in [6.07, 6.45) is 1.58. The maximum atomic E-state index is 13.2. The number of carbonyl (C=O) groups is 2. The molecule has 2 N–H and O–H groups in total. The Bertz CT molecular complexity index is 855. The van der Waals surface area contributed by atoms with Gasteiger partial charge in [-0.15, -0.1) is 11.3 Å². The van der Waals surface area contributed by atoms with E-state index >= 15 is 0 Å². The first-order valence-corrected chi connectivity index (χ1v) is 10.3. The third-order valence-corrected chi connectivity index (χ3v) is 5.92. The average molecular weight is 401 g/mol. The molecule has 0 unspecified atom stereocenters. The molecule has 0 aliphatic carbocycles. The lowest BCUT2D eigenvalue weighted by Gasteiger charge is -2.28. The zero-order chi connectivity index (χ0) is 19.5. The van der Waals surface area contributed by atoms with Gasteiger partial charge in [-0.3, -0.25) is 14.5 Å². The summed E-state index contributed by atoms with van der Waals surface area (Å²) in [5.41, 5.74) is 6.25. The normalized spacial score (nSPS) is 18.8. The Balaban J connectivity index is 1.58. The van der Waals surface area contributed by atoms with E-state index < -0.39 is 0 Å². The number of hydrogen-bond donors (Lipinski definition) is 1. The van der Waals surface area contributed by atoms with Crippen LogP contribution in [0.2, 0.25) is 0 Å². The van der Waals surface area contributed by atoms with Crippen LogP contribution in [-0.4, -0.2) is 49.1 Å². The number of thiophene rings is 1. The quantitative estimate of drug-likeness (QED) is 0.800. The summed E-state index contributed by atoms with van der Waals surface area (Å²) in [7, 11) is 0. The molecular formula is C20H23N3O4S. The lowest BCUT2D eigenvalue weighted by molar-refractivity contribution is -0.124. The van der Waals surface area contributed by atoms with Gasteiger partial charge in [0.15, 0.2) is 11.5 Å². The van der Waals surface area contributed by atoms with Crippen LogP contribution < -0.4 is 20.1 Å². The number of rotatable bonds is 6. The van der Waals surface area contributed by atoms with E-state index in [1.807, 2.05) is 40.6 Å². The van der Waals surface area contributed by atoms with Crippen molar-refractivity contribution in [2.75, 3.05) is 31.2 Å². The number of likely N-dealkylation sites (tertiary alicyclic amines) is 1. The van der Waals surface area contributed by atoms with E-state index in [4.69, 9.17) is 15.2 Å². The van der Waals surface area contributed by atoms with Crippen molar-refractivity contribution in [2.45, 2.75) is 25.4 Å². The van der Waals surface area contributed by atoms with Crippen LogP contribution in [-0.2, 0) is 16.1 Å². The fourth-order valence-corrected chi connectivity index (χ4v) is 4.37. The van der Waals surface area contributed by atoms with Crippen LogP contribution in [0.4, 0.5) is 5.69 Å². The Labute approximate surface area is 167 Å². The first-order valence-electron chi connectivity index (χ1n) is 9.37. The topological polar surface area (TPSA) is 85.1 Å². The lowest BCUT2D eigenvalue weighted by Crippen LogP contribution is -2.46. The number of anilines is 1. The summed E-state index contributed by atoms with van der Waals surface area (Å²) in [6.45, 7) is 2.34. The van der Waals surface area contributed by atoms with Crippen LogP contribution in [0, 0.1) is 0 Å². The SMILES string of the molecule is NC(=O)[C@@H]1CCCN1CC(=O)N(Cc1cccs1)c1ccc2c(c1)OCCO2. The Hall–Kier alpha value is -2.58. The van der Waals surface area contributed by atoms with Crippen molar-refractivity contribution in [1.82, 2.24) is 4.90 Å². The molecular weight excluding hydrogens is 378 g/mol. The predicted octanol–water partition coefficient (Wildman–Crippen LogP) is 2.00. The van der Waals surface area contributed by atoms with Crippen molar-refractivity contribution in [3.63, 3.8) is 0 Å². The van der Waals surface area contributed by atoms with Gasteiger partial charge in [-0.1, -0.05) is 6.07 Å². The molecule has 1 atom stereocenters. The smallest absolute Gasteiger partial charge is 0.241 e. The highest BCUT2D eigenvalue weighted by molar-refractivity contribution is 7.09. The Kier molecular flexibility index (Phi) is 5.50. The molecule has 1 fully saturated rings. The fourth-order valence-electron chi connectivity index (χ4n) is 3.68. The molecule has 2 aliphatic rings. The molecule has 2 aliphatic heterocycles. The summed E-state index contributed by atoms with van der Waals surface area (Å²) in [4.78, 5) is 29.6. The van der Waals surface area contributed by atoms with Gasteiger partial charge in [-0.25, -0.2) is 0 Å². The largest absolute Gasteiger partial charge is 0.486 e. The molecule has 0 bridgehead atoms. The van der Waals surface area contributed by atoms with Gasteiger partial charge in [0, 0.05) is 16.6 Å². The first kappa shape index (κ1) is 18.8. The number of amides is 2. The molecule has 3 heterocycles. The summed E-state index contributed by atoms with van der Waals surface area (Å²) < 4.78 is 11.3. The van der Waals surface area contributed by atoms with Gasteiger partial charge in [-0.2, -0.15) is 0 Å². The van der Waals surface area contributed by atoms with Crippen LogP contribution in [0.1, 0.15) is 17.7 Å². The molecule has 2 amide bonds. The molecule has 0 spiro atoms. The highest BCUT2D eigenvalue weighted by Gasteiger charge is 2.32. The van der Waals surface area contributed by atoms with E-state index in [1.54, 1.807) is 16.2 Å². The molecule has 1 saturated heterocycles. The summed E-state index contributed by atoms with van der Waals surface area (Å²) in [5.74, 6) is 0.892. The fraction of sp³-hybridized carbons (Fsp3) is 0.400. The number of benzene rings is 1. The summed E-state index contributed by atoms with van der Waals surface area (Å²) in [6, 6.07) is 9.15. The van der Waals surface area contributed by atoms with Gasteiger partial charge in [0.2, 0.25) is 11.8 Å². The highest BCUT2D eigenvalue weighted by Crippen LogP contribution is 2.35. The maximum absolute atomic E-state index is 13.2. The van der Waals surface area contributed by atoms with Crippen LogP contribution >= 0.6 is 11.3 Å². The average Bonchev–Trinajstić information content (AvgIpc) is 3.37. The number of fused-ring (bicyclic) bond motifs is 1. The number of carbonyl (C=O) groups excluding carboxylic acids is 2. The van der Waals surface area contributed by atoms with Crippen molar-refractivity contribution in [1.29, 1.82) is 0 Å². The van der Waals surface area contributed by atoms with E-state index in [2.05, 4.69) is 0 Å². The number of nitrogens with zero attached hydrogens (tertiary/aromatic N) is 2. The Morgan fingerprint density at radius 2 is 2.04 bits per heavy atom. The molecule has 0 saturated carbocycles. The highest BCUT2D eigenvalue weighted by atomic mass is 32.1. The van der Waals surface area contributed by atoms with Gasteiger partial charge in [0.25, 0.3) is 0 Å². The summed E-state index contributed by atoms with van der Waals surface area (Å²) >= 11 is 1.60. The van der Waals surface area contributed by atoms with Crippen LogP contribution in [0.3, 0.4) is 0 Å². The van der Waals surface area contributed by atoms with Crippen molar-refractivity contribution in [2.24, 2.45) is 5.73 Å². The monoisotopic (exact) mass is 401 g/mol. The second kappa shape index (κ2) is 8.20. The molecule has 2 aromatic rings. The van der Waals surface area contributed by atoms with Gasteiger partial charge in [-0.05, 0) is 43.0 Å². The van der Waals surface area contributed by atoms with Crippen molar-refractivity contribution in [3.8, 4) is 11.5 Å². The molecule has 148 valence electrons. The zero-order valence-electron chi connectivity index (χ0n) is 15.5. The van der Waals surface area contributed by atoms with Crippen LogP contribution in [0.25, 0.3) is 0 Å². The molecule has 8 heteroatoms. The third kappa shape index (κ3) is 3.98. The molecule has 1 aromatic heterocycles. The number of hydrogen-bond acceptors (Lipinski definition) is 6. The lowest BCUT2D eigenvalue weighted by atomic mass is 10.2.